The lowest BCUT2D eigenvalue weighted by Gasteiger charge is -2.37. The molecule has 0 saturated carbocycles. The quantitative estimate of drug-likeness (QED) is 0.184. The van der Waals surface area contributed by atoms with Crippen molar-refractivity contribution in [1.29, 1.82) is 0 Å². The molecule has 10 rings (SSSR count). The summed E-state index contributed by atoms with van der Waals surface area (Å²) in [7, 11) is 0. The second-order valence-electron chi connectivity index (χ2n) is 12.7. The third kappa shape index (κ3) is 4.09. The number of ether oxygens (including phenoxy) is 2. The minimum Gasteiger partial charge on any atom is -0.458 e. The standard InChI is InChI=1S/C44H30BNO2/c1-4-15-29(16-5-1)36-27-37-44(35-24-13-10-21-32(35)36)48-40-26-14-25-39-43(40)45(37)42-34-23-12-11-22-33(34)38(28-41(42)47-39)46(30-17-6-2-7-18-30)31-19-8-3-9-20-31/h1-19,21-28,31H,20H2. The molecule has 3 aliphatic rings. The summed E-state index contributed by atoms with van der Waals surface area (Å²) in [4.78, 5) is 2.47. The number of hydrogen-bond donors (Lipinski definition) is 0. The maximum atomic E-state index is 6.93. The Morgan fingerprint density at radius 1 is 0.562 bits per heavy atom. The Bertz CT molecular complexity index is 2450. The van der Waals surface area contributed by atoms with Gasteiger partial charge in [0.1, 0.15) is 23.0 Å². The maximum Gasteiger partial charge on any atom is 0.261 e. The molecule has 7 aromatic rings. The number of allylic oxidation sites excluding steroid dienone is 2. The van der Waals surface area contributed by atoms with Crippen LogP contribution in [0.1, 0.15) is 6.42 Å². The minimum atomic E-state index is -0.0718. The van der Waals surface area contributed by atoms with E-state index in [9.17, 15) is 0 Å². The summed E-state index contributed by atoms with van der Waals surface area (Å²) in [5.74, 6) is 3.51. The molecule has 0 radical (unpaired) electrons. The molecule has 48 heavy (non-hydrogen) atoms. The van der Waals surface area contributed by atoms with Crippen LogP contribution in [0.3, 0.4) is 0 Å². The van der Waals surface area contributed by atoms with E-state index in [-0.39, 0.29) is 12.8 Å². The SMILES string of the molecule is C1=CCC(N(c2ccccc2)c2cc3c(c4ccccc24)B2c4cc(-c5ccccc5)c5ccccc5c4Oc4cccc(c42)O3)C=C1. The van der Waals surface area contributed by atoms with E-state index in [2.05, 4.69) is 163 Å². The summed E-state index contributed by atoms with van der Waals surface area (Å²) in [5, 5.41) is 4.69. The van der Waals surface area contributed by atoms with Crippen LogP contribution < -0.4 is 30.8 Å². The van der Waals surface area contributed by atoms with Gasteiger partial charge in [-0.2, -0.15) is 0 Å². The summed E-state index contributed by atoms with van der Waals surface area (Å²) in [6.07, 6.45) is 9.77. The van der Waals surface area contributed by atoms with E-state index in [4.69, 9.17) is 9.47 Å². The van der Waals surface area contributed by atoms with Gasteiger partial charge in [-0.25, -0.2) is 0 Å². The average molecular weight is 616 g/mol. The molecule has 1 unspecified atom stereocenters. The highest BCUT2D eigenvalue weighted by molar-refractivity contribution is 6.99. The van der Waals surface area contributed by atoms with Crippen molar-refractivity contribution in [3.63, 3.8) is 0 Å². The molecule has 7 aromatic carbocycles. The molecule has 0 aromatic heterocycles. The van der Waals surface area contributed by atoms with E-state index in [1.54, 1.807) is 0 Å². The third-order valence-electron chi connectivity index (χ3n) is 10.1. The number of benzene rings is 7. The van der Waals surface area contributed by atoms with Crippen LogP contribution in [-0.2, 0) is 0 Å². The normalized spacial score (nSPS) is 15.3. The molecule has 0 bridgehead atoms. The predicted octanol–water partition coefficient (Wildman–Crippen LogP) is 9.41. The van der Waals surface area contributed by atoms with Crippen LogP contribution in [0.4, 0.5) is 11.4 Å². The van der Waals surface area contributed by atoms with Crippen molar-refractivity contribution >= 4 is 56.0 Å². The van der Waals surface area contributed by atoms with E-state index in [0.717, 1.165) is 57.1 Å². The van der Waals surface area contributed by atoms with E-state index in [0.29, 0.717) is 0 Å². The van der Waals surface area contributed by atoms with Gasteiger partial charge in [0.25, 0.3) is 6.71 Å². The summed E-state index contributed by atoms with van der Waals surface area (Å²) >= 11 is 0. The lowest BCUT2D eigenvalue weighted by atomic mass is 9.34. The van der Waals surface area contributed by atoms with Crippen molar-refractivity contribution in [2.75, 3.05) is 4.90 Å². The van der Waals surface area contributed by atoms with Crippen molar-refractivity contribution in [2.24, 2.45) is 0 Å². The van der Waals surface area contributed by atoms with Gasteiger partial charge >= 0.3 is 0 Å². The smallest absolute Gasteiger partial charge is 0.261 e. The molecular weight excluding hydrogens is 585 g/mol. The Morgan fingerprint density at radius 2 is 1.25 bits per heavy atom. The number of para-hydroxylation sites is 1. The zero-order valence-corrected chi connectivity index (χ0v) is 26.2. The second-order valence-corrected chi connectivity index (χ2v) is 12.7. The molecule has 0 saturated heterocycles. The lowest BCUT2D eigenvalue weighted by Crippen LogP contribution is -2.57. The highest BCUT2D eigenvalue weighted by Gasteiger charge is 2.42. The molecule has 2 aliphatic heterocycles. The van der Waals surface area contributed by atoms with E-state index >= 15 is 0 Å². The van der Waals surface area contributed by atoms with Gasteiger partial charge in [0.15, 0.2) is 0 Å². The zero-order valence-electron chi connectivity index (χ0n) is 26.2. The van der Waals surface area contributed by atoms with Gasteiger partial charge in [0.2, 0.25) is 0 Å². The summed E-state index contributed by atoms with van der Waals surface area (Å²) < 4.78 is 13.8. The Labute approximate surface area is 280 Å². The fourth-order valence-electron chi connectivity index (χ4n) is 8.02. The summed E-state index contributed by atoms with van der Waals surface area (Å²) in [5.41, 5.74) is 8.12. The number of fused-ring (bicyclic) bond motifs is 8. The molecular formula is C44H30BNO2. The molecule has 3 nitrogen and oxygen atoms in total. The minimum absolute atomic E-state index is 0.0718. The largest absolute Gasteiger partial charge is 0.458 e. The summed E-state index contributed by atoms with van der Waals surface area (Å²) in [6.45, 7) is -0.0718. The summed E-state index contributed by atoms with van der Waals surface area (Å²) in [6, 6.07) is 49.9. The maximum absolute atomic E-state index is 6.93. The molecule has 4 heteroatoms. The first kappa shape index (κ1) is 27.1. The van der Waals surface area contributed by atoms with Crippen molar-refractivity contribution in [3.05, 3.63) is 164 Å². The van der Waals surface area contributed by atoms with Gasteiger partial charge in [0.05, 0.1) is 11.7 Å². The van der Waals surface area contributed by atoms with Gasteiger partial charge in [0, 0.05) is 28.0 Å². The molecule has 0 N–H and O–H groups in total. The lowest BCUT2D eigenvalue weighted by molar-refractivity contribution is 0.467. The van der Waals surface area contributed by atoms with Crippen molar-refractivity contribution in [3.8, 4) is 34.1 Å². The molecule has 0 amide bonds. The monoisotopic (exact) mass is 615 g/mol. The van der Waals surface area contributed by atoms with Gasteiger partial charge in [-0.1, -0.05) is 133 Å². The van der Waals surface area contributed by atoms with Crippen LogP contribution in [0.5, 0.6) is 23.0 Å². The average Bonchev–Trinajstić information content (AvgIpc) is 3.16. The number of rotatable bonds is 4. The van der Waals surface area contributed by atoms with Gasteiger partial charge in [-0.15, -0.1) is 0 Å². The van der Waals surface area contributed by atoms with E-state index in [1.807, 2.05) is 6.07 Å². The molecule has 1 aliphatic carbocycles. The number of anilines is 2. The Kier molecular flexibility index (Phi) is 6.10. The number of nitrogens with zero attached hydrogens (tertiary/aromatic N) is 1. The van der Waals surface area contributed by atoms with Crippen LogP contribution in [0.25, 0.3) is 32.7 Å². The number of hydrogen-bond acceptors (Lipinski definition) is 3. The Balaban J connectivity index is 1.27. The van der Waals surface area contributed by atoms with Crippen molar-refractivity contribution < 1.29 is 9.47 Å². The van der Waals surface area contributed by atoms with Crippen molar-refractivity contribution in [2.45, 2.75) is 12.5 Å². The zero-order chi connectivity index (χ0) is 31.6. The van der Waals surface area contributed by atoms with Crippen LogP contribution >= 0.6 is 0 Å². The first-order valence-electron chi connectivity index (χ1n) is 16.7. The van der Waals surface area contributed by atoms with Crippen LogP contribution in [0, 0.1) is 0 Å². The highest BCUT2D eigenvalue weighted by Crippen LogP contribution is 2.44. The molecule has 1 atom stereocenters. The van der Waals surface area contributed by atoms with Crippen molar-refractivity contribution in [1.82, 2.24) is 0 Å². The van der Waals surface area contributed by atoms with Crippen LogP contribution in [-0.4, -0.2) is 12.8 Å². The highest BCUT2D eigenvalue weighted by atomic mass is 16.5. The predicted molar refractivity (Wildman–Crippen MR) is 200 cm³/mol. The molecule has 2 heterocycles. The van der Waals surface area contributed by atoms with Gasteiger partial charge < -0.3 is 14.4 Å². The Morgan fingerprint density at radius 3 is 2.02 bits per heavy atom. The van der Waals surface area contributed by atoms with E-state index < -0.39 is 0 Å². The molecule has 0 fully saturated rings. The van der Waals surface area contributed by atoms with Gasteiger partial charge in [-0.3, -0.25) is 0 Å². The first-order chi connectivity index (χ1) is 23.8. The van der Waals surface area contributed by atoms with Crippen LogP contribution in [0.15, 0.2) is 164 Å². The fraction of sp³-hybridized carbons (Fsp3) is 0.0455. The Hall–Kier alpha value is -6.00. The first-order valence-corrected chi connectivity index (χ1v) is 16.7. The second kappa shape index (κ2) is 10.8. The third-order valence-corrected chi connectivity index (χ3v) is 10.1. The van der Waals surface area contributed by atoms with Crippen LogP contribution in [0.2, 0.25) is 0 Å². The molecule has 0 spiro atoms. The van der Waals surface area contributed by atoms with E-state index in [1.165, 1.54) is 32.7 Å². The fourth-order valence-corrected chi connectivity index (χ4v) is 8.02. The molecule has 226 valence electrons. The topological polar surface area (TPSA) is 21.7 Å². The van der Waals surface area contributed by atoms with Gasteiger partial charge in [-0.05, 0) is 63.5 Å².